The molecule has 0 spiro atoms. The minimum atomic E-state index is -0.592. The fraction of sp³-hybridized carbons (Fsp3) is 0.150. The zero-order valence-corrected chi connectivity index (χ0v) is 15.1. The number of hydrogen-bond acceptors (Lipinski definition) is 5. The number of nitrogens with one attached hydrogen (secondary N) is 2. The topological polar surface area (TPSA) is 115 Å². The van der Waals surface area contributed by atoms with Gasteiger partial charge in [0.25, 0.3) is 5.56 Å². The summed E-state index contributed by atoms with van der Waals surface area (Å²) in [6, 6.07) is 11.0. The molecule has 1 aliphatic rings. The lowest BCUT2D eigenvalue weighted by molar-refractivity contribution is 0.953. The Balaban J connectivity index is 1.62. The predicted octanol–water partition coefficient (Wildman–Crippen LogP) is 2.20. The van der Waals surface area contributed by atoms with Crippen LogP contribution < -0.4 is 11.2 Å². The highest BCUT2D eigenvalue weighted by Crippen LogP contribution is 2.49. The number of hydrogen-bond donors (Lipinski definition) is 2. The third-order valence-electron chi connectivity index (χ3n) is 4.50. The van der Waals surface area contributed by atoms with Crippen molar-refractivity contribution in [1.82, 2.24) is 20.2 Å². The molecule has 1 aromatic carbocycles. The highest BCUT2D eigenvalue weighted by molar-refractivity contribution is 6.30. The average molecular weight is 390 g/mol. The van der Waals surface area contributed by atoms with Crippen LogP contribution in [0.2, 0.25) is 5.15 Å². The van der Waals surface area contributed by atoms with E-state index >= 15 is 0 Å². The second-order valence-corrected chi connectivity index (χ2v) is 6.69. The minimum Gasteiger partial charge on any atom is -0.313 e. The molecule has 2 heterocycles. The lowest BCUT2D eigenvalue weighted by atomic mass is 10.1. The quantitative estimate of drug-likeness (QED) is 0.652. The first-order valence-electron chi connectivity index (χ1n) is 8.43. The molecule has 1 saturated carbocycles. The summed E-state index contributed by atoms with van der Waals surface area (Å²) in [5, 5.41) is 17.3. The molecule has 0 amide bonds. The van der Waals surface area contributed by atoms with Gasteiger partial charge in [0, 0.05) is 23.6 Å². The van der Waals surface area contributed by atoms with Crippen molar-refractivity contribution in [1.29, 1.82) is 5.26 Å². The zero-order chi connectivity index (χ0) is 19.7. The van der Waals surface area contributed by atoms with Crippen molar-refractivity contribution in [2.24, 2.45) is 5.92 Å². The van der Waals surface area contributed by atoms with Crippen LogP contribution in [0.3, 0.4) is 0 Å². The number of nitrogens with zero attached hydrogens (tertiary/aromatic N) is 3. The second kappa shape index (κ2) is 7.15. The van der Waals surface area contributed by atoms with Crippen LogP contribution in [0, 0.1) is 29.1 Å². The second-order valence-electron chi connectivity index (χ2n) is 6.34. The molecule has 0 saturated heterocycles. The fourth-order valence-corrected chi connectivity index (χ4v) is 3.17. The molecule has 2 aromatic heterocycles. The van der Waals surface area contributed by atoms with Crippen molar-refractivity contribution in [3.63, 3.8) is 0 Å². The Morgan fingerprint density at radius 2 is 1.96 bits per heavy atom. The number of halogens is 1. The van der Waals surface area contributed by atoms with E-state index in [1.165, 1.54) is 6.20 Å². The summed E-state index contributed by atoms with van der Waals surface area (Å²) < 4.78 is 0. The van der Waals surface area contributed by atoms with E-state index < -0.39 is 11.2 Å². The van der Waals surface area contributed by atoms with Gasteiger partial charge in [-0.2, -0.15) is 5.26 Å². The first-order chi connectivity index (χ1) is 13.6. The van der Waals surface area contributed by atoms with Crippen LogP contribution >= 0.6 is 11.6 Å². The van der Waals surface area contributed by atoms with Crippen LogP contribution in [0.25, 0.3) is 11.3 Å². The maximum atomic E-state index is 12.0. The molecule has 136 valence electrons. The van der Waals surface area contributed by atoms with Crippen molar-refractivity contribution in [2.75, 3.05) is 0 Å². The van der Waals surface area contributed by atoms with Crippen LogP contribution in [-0.4, -0.2) is 20.2 Å². The van der Waals surface area contributed by atoms with Crippen molar-refractivity contribution >= 4 is 11.6 Å². The number of benzene rings is 1. The number of rotatable bonds is 2. The summed E-state index contributed by atoms with van der Waals surface area (Å²) in [4.78, 5) is 27.7. The highest BCUT2D eigenvalue weighted by atomic mass is 35.5. The van der Waals surface area contributed by atoms with Crippen molar-refractivity contribution in [2.45, 2.75) is 12.3 Å². The Labute approximate surface area is 164 Å². The van der Waals surface area contributed by atoms with Gasteiger partial charge in [-0.1, -0.05) is 35.6 Å². The Morgan fingerprint density at radius 1 is 1.18 bits per heavy atom. The lowest BCUT2D eigenvalue weighted by Gasteiger charge is -2.04. The fourth-order valence-electron chi connectivity index (χ4n) is 2.94. The molecule has 28 heavy (non-hydrogen) atoms. The van der Waals surface area contributed by atoms with Crippen LogP contribution in [0.5, 0.6) is 0 Å². The minimum absolute atomic E-state index is 0.0744. The standard InChI is InChI=1S/C20H12ClN5O2/c21-18-15(8-17(25-26-18)16-10-23-20(28)24-19(16)27)14-7-12(14)6-5-11-3-1-2-4-13(11)9-22/h1-4,8,10,12,14H,7H2,(H2,23,24,27,28)/t12-,14-/m0/s1. The first kappa shape index (κ1) is 17.7. The smallest absolute Gasteiger partial charge is 0.313 e. The van der Waals surface area contributed by atoms with Crippen molar-refractivity contribution in [3.05, 3.63) is 79.2 Å². The third kappa shape index (κ3) is 3.44. The van der Waals surface area contributed by atoms with Gasteiger partial charge in [-0.05, 0) is 30.2 Å². The van der Waals surface area contributed by atoms with Crippen molar-refractivity contribution in [3.8, 4) is 29.2 Å². The molecular formula is C20H12ClN5O2. The van der Waals surface area contributed by atoms with E-state index in [4.69, 9.17) is 16.9 Å². The molecule has 3 aromatic rings. The number of aromatic nitrogens is 4. The summed E-state index contributed by atoms with van der Waals surface area (Å²) in [5.41, 5.74) is 1.37. The Morgan fingerprint density at radius 3 is 2.71 bits per heavy atom. The van der Waals surface area contributed by atoms with E-state index in [1.54, 1.807) is 18.2 Å². The molecule has 1 fully saturated rings. The monoisotopic (exact) mass is 389 g/mol. The molecule has 8 heteroatoms. The van der Waals surface area contributed by atoms with E-state index in [9.17, 15) is 9.59 Å². The predicted molar refractivity (Wildman–Crippen MR) is 103 cm³/mol. The van der Waals surface area contributed by atoms with Gasteiger partial charge < -0.3 is 4.98 Å². The molecule has 2 N–H and O–H groups in total. The SMILES string of the molecule is N#Cc1ccccc1C#C[C@H]1C[C@@H]1c1cc(-c2c[nH]c(=O)[nH]c2=O)nnc1Cl. The molecular weight excluding hydrogens is 378 g/mol. The molecule has 0 radical (unpaired) electrons. The van der Waals surface area contributed by atoms with E-state index in [-0.39, 0.29) is 22.6 Å². The van der Waals surface area contributed by atoms with Crippen LogP contribution in [0.1, 0.15) is 29.0 Å². The molecule has 0 bridgehead atoms. The lowest BCUT2D eigenvalue weighted by Crippen LogP contribution is -2.23. The molecule has 1 aliphatic carbocycles. The van der Waals surface area contributed by atoms with E-state index in [1.807, 2.05) is 12.1 Å². The number of aromatic amines is 2. The van der Waals surface area contributed by atoms with Gasteiger partial charge in [0.1, 0.15) is 11.8 Å². The normalized spacial score (nSPS) is 17.3. The van der Waals surface area contributed by atoms with Gasteiger partial charge in [-0.15, -0.1) is 10.2 Å². The summed E-state index contributed by atoms with van der Waals surface area (Å²) >= 11 is 6.21. The van der Waals surface area contributed by atoms with Gasteiger partial charge in [0.2, 0.25) is 0 Å². The molecule has 7 nitrogen and oxygen atoms in total. The van der Waals surface area contributed by atoms with Gasteiger partial charge in [-0.25, -0.2) is 4.79 Å². The van der Waals surface area contributed by atoms with Gasteiger partial charge >= 0.3 is 5.69 Å². The zero-order valence-electron chi connectivity index (χ0n) is 14.4. The average Bonchev–Trinajstić information content (AvgIpc) is 3.47. The molecule has 4 rings (SSSR count). The first-order valence-corrected chi connectivity index (χ1v) is 8.81. The van der Waals surface area contributed by atoms with Crippen LogP contribution in [0.15, 0.2) is 46.1 Å². The Bertz CT molecular complexity index is 1290. The maximum Gasteiger partial charge on any atom is 0.325 e. The largest absolute Gasteiger partial charge is 0.325 e. The van der Waals surface area contributed by atoms with Crippen molar-refractivity contribution < 1.29 is 0 Å². The molecule has 0 aliphatic heterocycles. The Hall–Kier alpha value is -3.68. The van der Waals surface area contributed by atoms with E-state index in [0.717, 1.165) is 12.0 Å². The summed E-state index contributed by atoms with van der Waals surface area (Å²) in [6.45, 7) is 0. The molecule has 2 atom stereocenters. The number of H-pyrrole nitrogens is 2. The maximum absolute atomic E-state index is 12.0. The van der Waals surface area contributed by atoms with Crippen LogP contribution in [-0.2, 0) is 0 Å². The number of nitriles is 1. The van der Waals surface area contributed by atoms with Crippen LogP contribution in [0.4, 0.5) is 0 Å². The summed E-state index contributed by atoms with van der Waals surface area (Å²) in [5.74, 6) is 6.39. The summed E-state index contributed by atoms with van der Waals surface area (Å²) in [6.07, 6.45) is 2.10. The third-order valence-corrected chi connectivity index (χ3v) is 4.79. The summed E-state index contributed by atoms with van der Waals surface area (Å²) in [7, 11) is 0. The molecule has 0 unspecified atom stereocenters. The van der Waals surface area contributed by atoms with E-state index in [0.29, 0.717) is 16.8 Å². The van der Waals surface area contributed by atoms with Gasteiger partial charge in [0.05, 0.1) is 11.1 Å². The van der Waals surface area contributed by atoms with E-state index in [2.05, 4.69) is 38.1 Å². The van der Waals surface area contributed by atoms with Gasteiger partial charge in [-0.3, -0.25) is 9.78 Å². The van der Waals surface area contributed by atoms with Gasteiger partial charge in [0.15, 0.2) is 5.15 Å². The highest BCUT2D eigenvalue weighted by Gasteiger charge is 2.39. The Kier molecular flexibility index (Phi) is 4.52.